The van der Waals surface area contributed by atoms with Crippen LogP contribution in [0.1, 0.15) is 39.3 Å². The SMILES string of the molecule is CCCCCOC(=O)Nc1nc(=O)n([C@@H]2O[C@H](C)[C@H](O)C2O)cc1F. The fraction of sp³-hybridized carbons (Fsp3) is 0.667. The van der Waals surface area contributed by atoms with E-state index in [9.17, 15) is 24.2 Å². The second kappa shape index (κ2) is 8.37. The Bertz CT molecular complexity index is 667. The zero-order chi connectivity index (χ0) is 18.6. The van der Waals surface area contributed by atoms with Gasteiger partial charge >= 0.3 is 11.8 Å². The number of unbranched alkanes of at least 4 members (excludes halogenated alkanes) is 2. The number of carbonyl (C=O) groups is 1. The van der Waals surface area contributed by atoms with Crippen molar-refractivity contribution in [2.24, 2.45) is 0 Å². The number of nitrogens with zero attached hydrogens (tertiary/aromatic N) is 2. The molecule has 1 saturated heterocycles. The van der Waals surface area contributed by atoms with E-state index in [-0.39, 0.29) is 6.61 Å². The van der Waals surface area contributed by atoms with Crippen LogP contribution in [0.15, 0.2) is 11.0 Å². The first-order valence-electron chi connectivity index (χ1n) is 8.09. The normalized spacial score (nSPS) is 25.8. The third kappa shape index (κ3) is 4.53. The number of hydrogen-bond donors (Lipinski definition) is 3. The molecule has 0 spiro atoms. The van der Waals surface area contributed by atoms with E-state index in [1.54, 1.807) is 0 Å². The molecule has 3 N–H and O–H groups in total. The first-order chi connectivity index (χ1) is 11.8. The summed E-state index contributed by atoms with van der Waals surface area (Å²) in [6.45, 7) is 3.68. The molecule has 1 unspecified atom stereocenters. The highest BCUT2D eigenvalue weighted by molar-refractivity contribution is 5.83. The third-order valence-corrected chi connectivity index (χ3v) is 3.86. The zero-order valence-electron chi connectivity index (χ0n) is 14.0. The number of ether oxygens (including phenoxy) is 2. The summed E-state index contributed by atoms with van der Waals surface area (Å²) < 4.78 is 24.9. The molecule has 2 rings (SSSR count). The van der Waals surface area contributed by atoms with Crippen LogP contribution in [0.4, 0.5) is 15.0 Å². The predicted octanol–water partition coefficient (Wildman–Crippen LogP) is 0.760. The molecule has 0 bridgehead atoms. The molecule has 1 aliphatic heterocycles. The van der Waals surface area contributed by atoms with Crippen LogP contribution < -0.4 is 11.0 Å². The van der Waals surface area contributed by atoms with Crippen molar-refractivity contribution in [3.8, 4) is 0 Å². The highest BCUT2D eigenvalue weighted by Crippen LogP contribution is 2.28. The average molecular weight is 359 g/mol. The molecule has 9 nitrogen and oxygen atoms in total. The number of nitrogens with one attached hydrogen (secondary N) is 1. The van der Waals surface area contributed by atoms with Crippen LogP contribution in [0, 0.1) is 5.82 Å². The van der Waals surface area contributed by atoms with E-state index in [0.717, 1.165) is 23.6 Å². The quantitative estimate of drug-likeness (QED) is 0.641. The van der Waals surface area contributed by atoms with E-state index in [0.29, 0.717) is 6.42 Å². The van der Waals surface area contributed by atoms with E-state index in [2.05, 4.69) is 10.3 Å². The van der Waals surface area contributed by atoms with Crippen molar-refractivity contribution in [2.75, 3.05) is 11.9 Å². The van der Waals surface area contributed by atoms with Crippen molar-refractivity contribution in [1.29, 1.82) is 0 Å². The highest BCUT2D eigenvalue weighted by Gasteiger charge is 2.42. The fourth-order valence-corrected chi connectivity index (χ4v) is 2.42. The molecular formula is C15H22FN3O6. The molecule has 1 aliphatic rings. The molecule has 1 aromatic heterocycles. The second-order valence-corrected chi connectivity index (χ2v) is 5.81. The van der Waals surface area contributed by atoms with Crippen molar-refractivity contribution in [3.05, 3.63) is 22.5 Å². The maximum Gasteiger partial charge on any atom is 0.412 e. The number of aliphatic hydroxyl groups is 2. The molecule has 4 atom stereocenters. The Morgan fingerprint density at radius 2 is 2.16 bits per heavy atom. The third-order valence-electron chi connectivity index (χ3n) is 3.86. The van der Waals surface area contributed by atoms with E-state index < -0.39 is 48.0 Å². The first-order valence-corrected chi connectivity index (χ1v) is 8.09. The van der Waals surface area contributed by atoms with Crippen LogP contribution >= 0.6 is 0 Å². The average Bonchev–Trinajstić information content (AvgIpc) is 2.82. The number of halogens is 1. The largest absolute Gasteiger partial charge is 0.449 e. The Kier molecular flexibility index (Phi) is 6.45. The Balaban J connectivity index is 2.07. The maximum absolute atomic E-state index is 14.1. The topological polar surface area (TPSA) is 123 Å². The lowest BCUT2D eigenvalue weighted by Gasteiger charge is -2.17. The molecule has 10 heteroatoms. The van der Waals surface area contributed by atoms with E-state index >= 15 is 0 Å². The smallest absolute Gasteiger partial charge is 0.412 e. The van der Waals surface area contributed by atoms with Crippen LogP contribution in [0.25, 0.3) is 0 Å². The van der Waals surface area contributed by atoms with Crippen LogP contribution in [0.3, 0.4) is 0 Å². The van der Waals surface area contributed by atoms with Gasteiger partial charge in [-0.1, -0.05) is 19.8 Å². The van der Waals surface area contributed by atoms with Gasteiger partial charge in [-0.15, -0.1) is 0 Å². The lowest BCUT2D eigenvalue weighted by Crippen LogP contribution is -2.36. The van der Waals surface area contributed by atoms with Crippen LogP contribution in [-0.4, -0.2) is 50.8 Å². The minimum Gasteiger partial charge on any atom is -0.449 e. The monoisotopic (exact) mass is 359 g/mol. The van der Waals surface area contributed by atoms with Gasteiger partial charge in [-0.3, -0.25) is 9.88 Å². The molecule has 140 valence electrons. The minimum atomic E-state index is -1.41. The Morgan fingerprint density at radius 1 is 1.44 bits per heavy atom. The van der Waals surface area contributed by atoms with Crippen LogP contribution in [0.2, 0.25) is 0 Å². The number of aliphatic hydroxyl groups excluding tert-OH is 2. The molecule has 1 amide bonds. The lowest BCUT2D eigenvalue weighted by molar-refractivity contribution is -0.0355. The van der Waals surface area contributed by atoms with E-state index in [1.807, 2.05) is 6.92 Å². The summed E-state index contributed by atoms with van der Waals surface area (Å²) in [7, 11) is 0. The fourth-order valence-electron chi connectivity index (χ4n) is 2.42. The Labute approximate surface area is 143 Å². The van der Waals surface area contributed by atoms with Gasteiger partial charge in [0.15, 0.2) is 17.9 Å². The van der Waals surface area contributed by atoms with Gasteiger partial charge in [-0.25, -0.2) is 14.0 Å². The summed E-state index contributed by atoms with van der Waals surface area (Å²) in [4.78, 5) is 27.0. The molecule has 0 aromatic carbocycles. The number of carbonyl (C=O) groups excluding carboxylic acids is 1. The van der Waals surface area contributed by atoms with Crippen LogP contribution in [0.5, 0.6) is 0 Å². The number of hydrogen-bond acceptors (Lipinski definition) is 7. The number of rotatable bonds is 6. The van der Waals surface area contributed by atoms with Crippen molar-refractivity contribution < 1.29 is 28.9 Å². The van der Waals surface area contributed by atoms with E-state index in [4.69, 9.17) is 9.47 Å². The molecule has 1 aromatic rings. The summed E-state index contributed by atoms with van der Waals surface area (Å²) in [6, 6.07) is 0. The summed E-state index contributed by atoms with van der Waals surface area (Å²) >= 11 is 0. The van der Waals surface area contributed by atoms with Gasteiger partial charge in [0.1, 0.15) is 12.2 Å². The molecule has 0 radical (unpaired) electrons. The van der Waals surface area contributed by atoms with Gasteiger partial charge in [-0.05, 0) is 13.3 Å². The molecule has 1 fully saturated rings. The molecule has 2 heterocycles. The first kappa shape index (κ1) is 19.3. The van der Waals surface area contributed by atoms with Gasteiger partial charge < -0.3 is 19.7 Å². The Morgan fingerprint density at radius 3 is 2.76 bits per heavy atom. The standard InChI is InChI=1S/C15H22FN3O6/c1-3-4-5-6-24-15(23)18-12-9(16)7-19(14(22)17-12)13-11(21)10(20)8(2)25-13/h7-8,10-11,13,20-21H,3-6H2,1-2H3,(H,17,18,22,23)/t8-,10+,11?,13-/m1/s1. The van der Waals surface area contributed by atoms with Crippen molar-refractivity contribution >= 4 is 11.9 Å². The predicted molar refractivity (Wildman–Crippen MR) is 84.5 cm³/mol. The molecular weight excluding hydrogens is 337 g/mol. The number of anilines is 1. The summed E-state index contributed by atoms with van der Waals surface area (Å²) in [5.41, 5.74) is -0.951. The summed E-state index contributed by atoms with van der Waals surface area (Å²) in [6.07, 6.45) is -2.25. The molecule has 0 saturated carbocycles. The lowest BCUT2D eigenvalue weighted by atomic mass is 10.1. The van der Waals surface area contributed by atoms with Crippen molar-refractivity contribution in [1.82, 2.24) is 9.55 Å². The Hall–Kier alpha value is -2.04. The van der Waals surface area contributed by atoms with Crippen molar-refractivity contribution in [2.45, 2.75) is 57.6 Å². The number of amides is 1. The van der Waals surface area contributed by atoms with Gasteiger partial charge in [0.05, 0.1) is 18.9 Å². The van der Waals surface area contributed by atoms with Crippen molar-refractivity contribution in [3.63, 3.8) is 0 Å². The second-order valence-electron chi connectivity index (χ2n) is 5.81. The summed E-state index contributed by atoms with van der Waals surface area (Å²) in [5.74, 6) is -1.59. The van der Waals surface area contributed by atoms with Gasteiger partial charge in [0, 0.05) is 0 Å². The number of aromatic nitrogens is 2. The van der Waals surface area contributed by atoms with E-state index in [1.165, 1.54) is 6.92 Å². The highest BCUT2D eigenvalue weighted by atomic mass is 19.1. The van der Waals surface area contributed by atoms with Gasteiger partial charge in [0.25, 0.3) is 0 Å². The molecule has 25 heavy (non-hydrogen) atoms. The van der Waals surface area contributed by atoms with Gasteiger partial charge in [-0.2, -0.15) is 4.98 Å². The van der Waals surface area contributed by atoms with Crippen LogP contribution in [-0.2, 0) is 9.47 Å². The molecule has 0 aliphatic carbocycles. The maximum atomic E-state index is 14.1. The summed E-state index contributed by atoms with van der Waals surface area (Å²) in [5, 5.41) is 21.6. The minimum absolute atomic E-state index is 0.177. The van der Waals surface area contributed by atoms with Gasteiger partial charge in [0.2, 0.25) is 0 Å². The zero-order valence-corrected chi connectivity index (χ0v) is 14.0.